The maximum absolute atomic E-state index is 12.2. The van der Waals surface area contributed by atoms with E-state index in [9.17, 15) is 9.90 Å². The summed E-state index contributed by atoms with van der Waals surface area (Å²) in [6.07, 6.45) is 1.85. The third kappa shape index (κ3) is 3.92. The lowest BCUT2D eigenvalue weighted by Gasteiger charge is -2.37. The third-order valence-corrected chi connectivity index (χ3v) is 5.70. The lowest BCUT2D eigenvalue weighted by atomic mass is 10.0. The Balaban J connectivity index is 1.49. The molecule has 1 aliphatic heterocycles. The maximum atomic E-state index is 12.2. The minimum atomic E-state index is -0.800. The van der Waals surface area contributed by atoms with Crippen LogP contribution in [-0.4, -0.2) is 52.0 Å². The summed E-state index contributed by atoms with van der Waals surface area (Å²) in [5.41, 5.74) is 4.13. The SMILES string of the molecule is Cc1ccc2[nH]cc([C@@H](C(=O)O)N3CCN(Cc4cccc(Cl)c4)CC3)c2c1. The average Bonchev–Trinajstić information content (AvgIpc) is 3.06. The molecule has 1 saturated heterocycles. The molecular weight excluding hydrogens is 374 g/mol. The quantitative estimate of drug-likeness (QED) is 0.681. The van der Waals surface area contributed by atoms with Gasteiger partial charge in [0.25, 0.3) is 0 Å². The standard InChI is InChI=1S/C22H24ClN3O2/c1-15-5-6-20-18(11-15)19(13-24-20)21(22(27)28)26-9-7-25(8-10-26)14-16-3-2-4-17(23)12-16/h2-6,11-13,21,24H,7-10,14H2,1H3,(H,27,28)/t21-/m0/s1. The molecule has 0 radical (unpaired) electrons. The highest BCUT2D eigenvalue weighted by Crippen LogP contribution is 2.30. The van der Waals surface area contributed by atoms with Crippen molar-refractivity contribution in [1.82, 2.24) is 14.8 Å². The smallest absolute Gasteiger partial charge is 0.325 e. The molecule has 0 amide bonds. The molecule has 0 saturated carbocycles. The monoisotopic (exact) mass is 397 g/mol. The van der Waals surface area contributed by atoms with Crippen LogP contribution >= 0.6 is 11.6 Å². The summed E-state index contributed by atoms with van der Waals surface area (Å²) in [6, 6.07) is 13.4. The van der Waals surface area contributed by atoms with Gasteiger partial charge in [-0.3, -0.25) is 14.6 Å². The zero-order valence-electron chi connectivity index (χ0n) is 15.9. The van der Waals surface area contributed by atoms with Crippen LogP contribution in [0.25, 0.3) is 10.9 Å². The van der Waals surface area contributed by atoms with Gasteiger partial charge in [-0.15, -0.1) is 0 Å². The molecule has 0 aliphatic carbocycles. The summed E-state index contributed by atoms with van der Waals surface area (Å²) in [6.45, 7) is 5.96. The number of aryl methyl sites for hydroxylation is 1. The number of rotatable bonds is 5. The van der Waals surface area contributed by atoms with Crippen LogP contribution in [0, 0.1) is 6.92 Å². The van der Waals surface area contributed by atoms with E-state index in [0.29, 0.717) is 0 Å². The van der Waals surface area contributed by atoms with E-state index in [4.69, 9.17) is 11.6 Å². The minimum absolute atomic E-state index is 0.635. The third-order valence-electron chi connectivity index (χ3n) is 5.46. The number of aromatic amines is 1. The van der Waals surface area contributed by atoms with Crippen molar-refractivity contribution in [2.75, 3.05) is 26.2 Å². The highest BCUT2D eigenvalue weighted by Gasteiger charge is 2.32. The summed E-state index contributed by atoms with van der Waals surface area (Å²) in [5, 5.41) is 11.7. The average molecular weight is 398 g/mol. The molecular formula is C22H24ClN3O2. The van der Waals surface area contributed by atoms with Crippen molar-refractivity contribution in [1.29, 1.82) is 0 Å². The topological polar surface area (TPSA) is 59.6 Å². The predicted molar refractivity (Wildman–Crippen MR) is 112 cm³/mol. The van der Waals surface area contributed by atoms with Crippen molar-refractivity contribution in [2.24, 2.45) is 0 Å². The molecule has 1 aromatic heterocycles. The second-order valence-corrected chi connectivity index (χ2v) is 7.91. The van der Waals surface area contributed by atoms with Gasteiger partial charge in [-0.2, -0.15) is 0 Å². The number of carboxylic acids is 1. The summed E-state index contributed by atoms with van der Waals surface area (Å²) in [7, 11) is 0. The predicted octanol–water partition coefficient (Wildman–Crippen LogP) is 4.07. The Morgan fingerprint density at radius 2 is 1.96 bits per heavy atom. The molecule has 6 heteroatoms. The molecule has 2 aromatic carbocycles. The van der Waals surface area contributed by atoms with E-state index < -0.39 is 12.0 Å². The molecule has 0 spiro atoms. The summed E-state index contributed by atoms with van der Waals surface area (Å²) in [4.78, 5) is 19.8. The van der Waals surface area contributed by atoms with Crippen molar-refractivity contribution in [3.8, 4) is 0 Å². The maximum Gasteiger partial charge on any atom is 0.325 e. The van der Waals surface area contributed by atoms with E-state index in [2.05, 4.69) is 26.9 Å². The van der Waals surface area contributed by atoms with E-state index in [-0.39, 0.29) is 0 Å². The molecule has 1 aliphatic rings. The number of carboxylic acid groups (broad SMARTS) is 1. The van der Waals surface area contributed by atoms with Gasteiger partial charge in [-0.25, -0.2) is 0 Å². The van der Waals surface area contributed by atoms with Gasteiger partial charge in [0.15, 0.2) is 0 Å². The van der Waals surface area contributed by atoms with Crippen LogP contribution in [0.5, 0.6) is 0 Å². The fourth-order valence-electron chi connectivity index (χ4n) is 4.04. The van der Waals surface area contributed by atoms with Gasteiger partial charge in [0, 0.05) is 60.4 Å². The van der Waals surface area contributed by atoms with E-state index in [0.717, 1.165) is 59.8 Å². The van der Waals surface area contributed by atoms with E-state index in [1.54, 1.807) is 0 Å². The number of hydrogen-bond acceptors (Lipinski definition) is 3. The Kier molecular flexibility index (Phi) is 5.40. The van der Waals surface area contributed by atoms with Crippen LogP contribution in [0.1, 0.15) is 22.7 Å². The fourth-order valence-corrected chi connectivity index (χ4v) is 4.25. The van der Waals surface area contributed by atoms with Gasteiger partial charge >= 0.3 is 5.97 Å². The number of benzene rings is 2. The van der Waals surface area contributed by atoms with Gasteiger partial charge in [-0.1, -0.05) is 35.4 Å². The van der Waals surface area contributed by atoms with Crippen molar-refractivity contribution < 1.29 is 9.90 Å². The summed E-state index contributed by atoms with van der Waals surface area (Å²) < 4.78 is 0. The van der Waals surface area contributed by atoms with Gasteiger partial charge in [-0.05, 0) is 36.8 Å². The first-order valence-corrected chi connectivity index (χ1v) is 9.90. The van der Waals surface area contributed by atoms with E-state index in [1.165, 1.54) is 5.56 Å². The first-order chi connectivity index (χ1) is 13.5. The highest BCUT2D eigenvalue weighted by atomic mass is 35.5. The Hall–Kier alpha value is -2.34. The van der Waals surface area contributed by atoms with Gasteiger partial charge in [0.1, 0.15) is 6.04 Å². The van der Waals surface area contributed by atoms with Crippen LogP contribution < -0.4 is 0 Å². The Bertz CT molecular complexity index is 992. The molecule has 146 valence electrons. The first-order valence-electron chi connectivity index (χ1n) is 9.52. The second kappa shape index (κ2) is 7.95. The molecule has 5 nitrogen and oxygen atoms in total. The van der Waals surface area contributed by atoms with Gasteiger partial charge < -0.3 is 10.1 Å². The lowest BCUT2D eigenvalue weighted by Crippen LogP contribution is -2.48. The van der Waals surface area contributed by atoms with Crippen molar-refractivity contribution >= 4 is 28.5 Å². The van der Waals surface area contributed by atoms with Crippen LogP contribution in [0.3, 0.4) is 0 Å². The highest BCUT2D eigenvalue weighted by molar-refractivity contribution is 6.30. The number of hydrogen-bond donors (Lipinski definition) is 2. The van der Waals surface area contributed by atoms with Crippen molar-refractivity contribution in [3.05, 3.63) is 70.4 Å². The molecule has 28 heavy (non-hydrogen) atoms. The number of halogens is 1. The number of piperazine rings is 1. The molecule has 2 N–H and O–H groups in total. The Morgan fingerprint density at radius 3 is 2.68 bits per heavy atom. The van der Waals surface area contributed by atoms with Gasteiger partial charge in [0.05, 0.1) is 0 Å². The summed E-state index contributed by atoms with van der Waals surface area (Å²) in [5.74, 6) is -0.800. The number of nitrogens with one attached hydrogen (secondary N) is 1. The number of nitrogens with zero attached hydrogens (tertiary/aromatic N) is 2. The lowest BCUT2D eigenvalue weighted by molar-refractivity contribution is -0.144. The Morgan fingerprint density at radius 1 is 1.18 bits per heavy atom. The second-order valence-electron chi connectivity index (χ2n) is 7.48. The zero-order valence-corrected chi connectivity index (χ0v) is 16.6. The number of aromatic nitrogens is 1. The van der Waals surface area contributed by atoms with Crippen LogP contribution in [0.2, 0.25) is 5.02 Å². The fraction of sp³-hybridized carbons (Fsp3) is 0.318. The number of aliphatic carboxylic acids is 1. The van der Waals surface area contributed by atoms with Crippen LogP contribution in [-0.2, 0) is 11.3 Å². The normalized spacial score (nSPS) is 17.1. The molecule has 3 aromatic rings. The van der Waals surface area contributed by atoms with Crippen molar-refractivity contribution in [3.63, 3.8) is 0 Å². The zero-order chi connectivity index (χ0) is 19.7. The van der Waals surface area contributed by atoms with Crippen molar-refractivity contribution in [2.45, 2.75) is 19.5 Å². The van der Waals surface area contributed by atoms with E-state index >= 15 is 0 Å². The molecule has 1 fully saturated rings. The van der Waals surface area contributed by atoms with Gasteiger partial charge in [0.2, 0.25) is 0 Å². The molecule has 0 unspecified atom stereocenters. The van der Waals surface area contributed by atoms with Crippen LogP contribution in [0.15, 0.2) is 48.7 Å². The summed E-state index contributed by atoms with van der Waals surface area (Å²) >= 11 is 6.08. The first kappa shape index (κ1) is 19.0. The molecule has 2 heterocycles. The van der Waals surface area contributed by atoms with Crippen LogP contribution in [0.4, 0.5) is 0 Å². The largest absolute Gasteiger partial charge is 0.480 e. The molecule has 1 atom stereocenters. The molecule has 4 rings (SSSR count). The number of carbonyl (C=O) groups is 1. The Labute approximate surface area is 169 Å². The molecule has 0 bridgehead atoms. The minimum Gasteiger partial charge on any atom is -0.480 e. The number of H-pyrrole nitrogens is 1. The number of fused-ring (bicyclic) bond motifs is 1. The van der Waals surface area contributed by atoms with E-state index in [1.807, 2.05) is 43.5 Å².